The average Bonchev–Trinajstić information content (AvgIpc) is 3.30. The van der Waals surface area contributed by atoms with Crippen LogP contribution in [-0.2, 0) is 10.2 Å². The van der Waals surface area contributed by atoms with E-state index >= 15 is 0 Å². The van der Waals surface area contributed by atoms with Crippen molar-refractivity contribution >= 4 is 11.7 Å². The molecule has 21 heavy (non-hydrogen) atoms. The summed E-state index contributed by atoms with van der Waals surface area (Å²) < 4.78 is 0. The standard InChI is InChI=1S/C18H25NO2/c1-5-12-8-15(12)19-13-7-6-11(2)14(9-13)17(3)10-18(17,4)16(20)21/h6-7,9,12,15,19H,5,8,10H2,1-4H3,(H,20,21). The molecule has 114 valence electrons. The maximum absolute atomic E-state index is 11.5. The van der Waals surface area contributed by atoms with Crippen molar-refractivity contribution in [2.24, 2.45) is 11.3 Å². The van der Waals surface area contributed by atoms with Crippen LogP contribution in [0.3, 0.4) is 0 Å². The third-order valence-electron chi connectivity index (χ3n) is 5.90. The molecule has 3 nitrogen and oxygen atoms in total. The summed E-state index contributed by atoms with van der Waals surface area (Å²) in [6.45, 7) is 8.26. The van der Waals surface area contributed by atoms with Crippen LogP contribution in [0.25, 0.3) is 0 Å². The molecule has 2 fully saturated rings. The molecule has 2 aliphatic carbocycles. The molecule has 0 spiro atoms. The maximum atomic E-state index is 11.5. The minimum absolute atomic E-state index is 0.242. The summed E-state index contributed by atoms with van der Waals surface area (Å²) in [5.41, 5.74) is 2.65. The van der Waals surface area contributed by atoms with Crippen LogP contribution in [0.2, 0.25) is 0 Å². The fraction of sp³-hybridized carbons (Fsp3) is 0.611. The van der Waals surface area contributed by atoms with Gasteiger partial charge >= 0.3 is 5.97 Å². The summed E-state index contributed by atoms with van der Waals surface area (Å²) in [6.07, 6.45) is 3.20. The molecule has 0 aromatic heterocycles. The minimum atomic E-state index is -0.684. The molecule has 2 aliphatic rings. The van der Waals surface area contributed by atoms with Crippen molar-refractivity contribution in [2.45, 2.75) is 58.4 Å². The van der Waals surface area contributed by atoms with Crippen LogP contribution in [0, 0.1) is 18.3 Å². The fourth-order valence-electron chi connectivity index (χ4n) is 3.76. The topological polar surface area (TPSA) is 49.3 Å². The highest BCUT2D eigenvalue weighted by Crippen LogP contribution is 2.65. The van der Waals surface area contributed by atoms with E-state index in [1.807, 2.05) is 6.92 Å². The van der Waals surface area contributed by atoms with Crippen molar-refractivity contribution in [3.05, 3.63) is 29.3 Å². The summed E-state index contributed by atoms with van der Waals surface area (Å²) in [4.78, 5) is 11.5. The van der Waals surface area contributed by atoms with E-state index < -0.39 is 11.4 Å². The van der Waals surface area contributed by atoms with Crippen LogP contribution in [0.1, 0.15) is 51.2 Å². The highest BCUT2D eigenvalue weighted by molar-refractivity contribution is 5.82. The predicted octanol–water partition coefficient (Wildman–Crippen LogP) is 3.96. The fourth-order valence-corrected chi connectivity index (χ4v) is 3.76. The molecule has 0 bridgehead atoms. The first-order valence-electron chi connectivity index (χ1n) is 7.93. The summed E-state index contributed by atoms with van der Waals surface area (Å²) >= 11 is 0. The number of carboxylic acid groups (broad SMARTS) is 1. The number of hydrogen-bond acceptors (Lipinski definition) is 2. The van der Waals surface area contributed by atoms with E-state index in [1.54, 1.807) is 0 Å². The van der Waals surface area contributed by atoms with Crippen molar-refractivity contribution < 1.29 is 9.90 Å². The molecular weight excluding hydrogens is 262 g/mol. The van der Waals surface area contributed by atoms with Crippen LogP contribution >= 0.6 is 0 Å². The Kier molecular flexibility index (Phi) is 3.09. The normalized spacial score (nSPS) is 37.1. The highest BCUT2D eigenvalue weighted by Gasteiger charge is 2.67. The van der Waals surface area contributed by atoms with Gasteiger partial charge in [0.05, 0.1) is 5.41 Å². The van der Waals surface area contributed by atoms with Crippen molar-refractivity contribution in [1.29, 1.82) is 0 Å². The number of nitrogens with one attached hydrogen (secondary N) is 1. The maximum Gasteiger partial charge on any atom is 0.310 e. The van der Waals surface area contributed by atoms with Crippen LogP contribution in [0.5, 0.6) is 0 Å². The molecule has 2 N–H and O–H groups in total. The minimum Gasteiger partial charge on any atom is -0.481 e. The van der Waals surface area contributed by atoms with E-state index in [0.717, 1.165) is 18.0 Å². The van der Waals surface area contributed by atoms with Gasteiger partial charge in [-0.25, -0.2) is 0 Å². The Labute approximate surface area is 126 Å². The lowest BCUT2D eigenvalue weighted by molar-refractivity contribution is -0.143. The first kappa shape index (κ1) is 14.4. The summed E-state index contributed by atoms with van der Waals surface area (Å²) in [6, 6.07) is 7.01. The Hall–Kier alpha value is -1.51. The summed E-state index contributed by atoms with van der Waals surface area (Å²) in [5, 5.41) is 13.1. The number of anilines is 1. The largest absolute Gasteiger partial charge is 0.481 e. The second kappa shape index (κ2) is 4.49. The lowest BCUT2D eigenvalue weighted by Gasteiger charge is -2.20. The van der Waals surface area contributed by atoms with Gasteiger partial charge in [0.15, 0.2) is 0 Å². The van der Waals surface area contributed by atoms with E-state index in [9.17, 15) is 9.90 Å². The predicted molar refractivity (Wildman–Crippen MR) is 84.7 cm³/mol. The van der Waals surface area contributed by atoms with E-state index in [4.69, 9.17) is 0 Å². The van der Waals surface area contributed by atoms with Gasteiger partial charge in [-0.3, -0.25) is 4.79 Å². The van der Waals surface area contributed by atoms with Gasteiger partial charge in [0, 0.05) is 17.1 Å². The smallest absolute Gasteiger partial charge is 0.310 e. The third kappa shape index (κ3) is 2.14. The molecule has 0 aliphatic heterocycles. The number of carbonyl (C=O) groups is 1. The number of carboxylic acids is 1. The Morgan fingerprint density at radius 2 is 2.14 bits per heavy atom. The average molecular weight is 287 g/mol. The molecule has 1 aromatic carbocycles. The van der Waals surface area contributed by atoms with Crippen LogP contribution in [-0.4, -0.2) is 17.1 Å². The van der Waals surface area contributed by atoms with Crippen molar-refractivity contribution in [1.82, 2.24) is 0 Å². The van der Waals surface area contributed by atoms with Crippen molar-refractivity contribution in [3.63, 3.8) is 0 Å². The van der Waals surface area contributed by atoms with E-state index in [1.165, 1.54) is 24.0 Å². The SMILES string of the molecule is CCC1CC1Nc1ccc(C)c(C2(C)CC2(C)C(=O)O)c1. The molecule has 4 unspecified atom stereocenters. The second-order valence-electron chi connectivity index (χ2n) is 7.33. The van der Waals surface area contributed by atoms with Crippen molar-refractivity contribution in [3.8, 4) is 0 Å². The van der Waals surface area contributed by atoms with Crippen LogP contribution in [0.15, 0.2) is 18.2 Å². The summed E-state index contributed by atoms with van der Waals surface area (Å²) in [5.74, 6) is 0.117. The molecule has 1 aromatic rings. The Balaban J connectivity index is 1.85. The van der Waals surface area contributed by atoms with Gasteiger partial charge in [0.2, 0.25) is 0 Å². The van der Waals surface area contributed by atoms with Gasteiger partial charge in [-0.05, 0) is 55.9 Å². The summed E-state index contributed by atoms with van der Waals surface area (Å²) in [7, 11) is 0. The first-order chi connectivity index (χ1) is 9.81. The van der Waals surface area contributed by atoms with Gasteiger partial charge in [-0.2, -0.15) is 0 Å². The number of rotatable bonds is 5. The number of benzene rings is 1. The number of hydrogen-bond donors (Lipinski definition) is 2. The van der Waals surface area contributed by atoms with Crippen LogP contribution < -0.4 is 5.32 Å². The van der Waals surface area contributed by atoms with Gasteiger partial charge in [-0.1, -0.05) is 26.3 Å². The van der Waals surface area contributed by atoms with E-state index in [2.05, 4.69) is 44.3 Å². The molecule has 3 rings (SSSR count). The first-order valence-corrected chi connectivity index (χ1v) is 7.93. The van der Waals surface area contributed by atoms with Gasteiger partial charge < -0.3 is 10.4 Å². The second-order valence-corrected chi connectivity index (χ2v) is 7.33. The van der Waals surface area contributed by atoms with E-state index in [0.29, 0.717) is 6.04 Å². The molecule has 0 saturated heterocycles. The lowest BCUT2D eigenvalue weighted by atomic mass is 9.86. The molecule has 3 heteroatoms. The van der Waals surface area contributed by atoms with Gasteiger partial charge in [-0.15, -0.1) is 0 Å². The van der Waals surface area contributed by atoms with Crippen molar-refractivity contribution in [2.75, 3.05) is 5.32 Å². The number of aliphatic carboxylic acids is 1. The molecular formula is C18H25NO2. The monoisotopic (exact) mass is 287 g/mol. The Bertz CT molecular complexity index is 597. The zero-order valence-corrected chi connectivity index (χ0v) is 13.4. The van der Waals surface area contributed by atoms with E-state index in [-0.39, 0.29) is 5.41 Å². The van der Waals surface area contributed by atoms with Gasteiger partial charge in [0.1, 0.15) is 0 Å². The zero-order chi connectivity index (χ0) is 15.4. The molecule has 0 amide bonds. The molecule has 0 heterocycles. The Morgan fingerprint density at radius 1 is 1.43 bits per heavy atom. The quantitative estimate of drug-likeness (QED) is 0.862. The van der Waals surface area contributed by atoms with Crippen LogP contribution in [0.4, 0.5) is 5.69 Å². The highest BCUT2D eigenvalue weighted by atomic mass is 16.4. The zero-order valence-electron chi connectivity index (χ0n) is 13.4. The molecule has 0 radical (unpaired) electrons. The van der Waals surface area contributed by atoms with Gasteiger partial charge in [0.25, 0.3) is 0 Å². The lowest BCUT2D eigenvalue weighted by Crippen LogP contribution is -2.22. The molecule has 4 atom stereocenters. The number of aryl methyl sites for hydroxylation is 1. The Morgan fingerprint density at radius 3 is 2.67 bits per heavy atom. The molecule has 2 saturated carbocycles. The third-order valence-corrected chi connectivity index (χ3v) is 5.90.